The summed E-state index contributed by atoms with van der Waals surface area (Å²) in [6.07, 6.45) is 0. The SMILES string of the molecule is O=C1C(=O)N(c2ccccc2)CCN1Cc1nc(-c2ccc(Br)cc2)no1. The molecule has 1 aromatic heterocycles. The molecule has 0 unspecified atom stereocenters. The summed E-state index contributed by atoms with van der Waals surface area (Å²) in [4.78, 5) is 32.2. The Kier molecular flexibility index (Phi) is 4.72. The van der Waals surface area contributed by atoms with Gasteiger partial charge in [-0.15, -0.1) is 0 Å². The molecule has 27 heavy (non-hydrogen) atoms. The van der Waals surface area contributed by atoms with E-state index in [9.17, 15) is 9.59 Å². The van der Waals surface area contributed by atoms with Gasteiger partial charge in [0.15, 0.2) is 0 Å². The van der Waals surface area contributed by atoms with E-state index in [1.165, 1.54) is 9.80 Å². The van der Waals surface area contributed by atoms with Crippen LogP contribution in [0.3, 0.4) is 0 Å². The number of amides is 2. The number of hydrogen-bond donors (Lipinski definition) is 0. The number of benzene rings is 2. The first kappa shape index (κ1) is 17.4. The maximum atomic E-state index is 12.5. The highest BCUT2D eigenvalue weighted by molar-refractivity contribution is 9.10. The van der Waals surface area contributed by atoms with Gasteiger partial charge in [0.1, 0.15) is 6.54 Å². The highest BCUT2D eigenvalue weighted by Crippen LogP contribution is 2.21. The zero-order valence-corrected chi connectivity index (χ0v) is 15.8. The summed E-state index contributed by atoms with van der Waals surface area (Å²) < 4.78 is 6.21. The standard InChI is InChI=1S/C19H15BrN4O3/c20-14-8-6-13(7-9-14)17-21-16(27-22-17)12-23-10-11-24(19(26)18(23)25)15-4-2-1-3-5-15/h1-9H,10-12H2. The van der Waals surface area contributed by atoms with Crippen LogP contribution in [-0.4, -0.2) is 39.9 Å². The molecule has 2 aromatic carbocycles. The van der Waals surface area contributed by atoms with Crippen molar-refractivity contribution in [2.45, 2.75) is 6.54 Å². The number of anilines is 1. The highest BCUT2D eigenvalue weighted by Gasteiger charge is 2.34. The molecule has 0 N–H and O–H groups in total. The van der Waals surface area contributed by atoms with Gasteiger partial charge in [-0.25, -0.2) is 0 Å². The molecule has 1 fully saturated rings. The smallest absolute Gasteiger partial charge is 0.316 e. The molecular formula is C19H15BrN4O3. The molecule has 2 amide bonds. The molecule has 0 aliphatic carbocycles. The quantitative estimate of drug-likeness (QED) is 0.599. The number of para-hydroxylation sites is 1. The number of piperazine rings is 1. The van der Waals surface area contributed by atoms with Gasteiger partial charge in [0, 0.05) is 28.8 Å². The number of aromatic nitrogens is 2. The summed E-state index contributed by atoms with van der Waals surface area (Å²) in [6.45, 7) is 0.925. The van der Waals surface area contributed by atoms with Crippen molar-refractivity contribution in [2.24, 2.45) is 0 Å². The third-order valence-corrected chi connectivity index (χ3v) is 4.80. The Morgan fingerprint density at radius 3 is 2.44 bits per heavy atom. The average molecular weight is 427 g/mol. The van der Waals surface area contributed by atoms with Gasteiger partial charge < -0.3 is 14.3 Å². The van der Waals surface area contributed by atoms with Gasteiger partial charge in [-0.05, 0) is 36.4 Å². The van der Waals surface area contributed by atoms with Crippen LogP contribution >= 0.6 is 15.9 Å². The molecule has 1 aliphatic rings. The van der Waals surface area contributed by atoms with Crippen molar-refractivity contribution in [3.8, 4) is 11.4 Å². The van der Waals surface area contributed by atoms with E-state index >= 15 is 0 Å². The highest BCUT2D eigenvalue weighted by atomic mass is 79.9. The molecule has 7 nitrogen and oxygen atoms in total. The lowest BCUT2D eigenvalue weighted by Crippen LogP contribution is -2.54. The second-order valence-electron chi connectivity index (χ2n) is 6.04. The molecule has 1 aliphatic heterocycles. The van der Waals surface area contributed by atoms with Crippen molar-refractivity contribution in [3.63, 3.8) is 0 Å². The number of carbonyl (C=O) groups excluding carboxylic acids is 2. The zero-order chi connectivity index (χ0) is 18.8. The van der Waals surface area contributed by atoms with Gasteiger partial charge in [0.2, 0.25) is 11.7 Å². The van der Waals surface area contributed by atoms with E-state index in [2.05, 4.69) is 26.1 Å². The summed E-state index contributed by atoms with van der Waals surface area (Å²) in [6, 6.07) is 16.7. The van der Waals surface area contributed by atoms with E-state index in [-0.39, 0.29) is 6.54 Å². The molecule has 0 atom stereocenters. The van der Waals surface area contributed by atoms with Gasteiger partial charge in [0.25, 0.3) is 0 Å². The van der Waals surface area contributed by atoms with Crippen molar-refractivity contribution in [2.75, 3.05) is 18.0 Å². The largest absolute Gasteiger partial charge is 0.337 e. The van der Waals surface area contributed by atoms with Crippen LogP contribution in [0, 0.1) is 0 Å². The maximum Gasteiger partial charge on any atom is 0.316 e. The lowest BCUT2D eigenvalue weighted by Gasteiger charge is -2.32. The summed E-state index contributed by atoms with van der Waals surface area (Å²) in [7, 11) is 0. The number of rotatable bonds is 4. The first-order valence-corrected chi connectivity index (χ1v) is 9.15. The van der Waals surface area contributed by atoms with Gasteiger partial charge in [-0.2, -0.15) is 4.98 Å². The Bertz CT molecular complexity index is 972. The predicted octanol–water partition coefficient (Wildman–Crippen LogP) is 2.87. The van der Waals surface area contributed by atoms with Gasteiger partial charge in [-0.1, -0.05) is 39.3 Å². The molecule has 0 saturated carbocycles. The molecule has 0 bridgehead atoms. The van der Waals surface area contributed by atoms with Crippen molar-refractivity contribution >= 4 is 33.4 Å². The maximum absolute atomic E-state index is 12.5. The fraction of sp³-hybridized carbons (Fsp3) is 0.158. The Balaban J connectivity index is 1.46. The van der Waals surface area contributed by atoms with Crippen molar-refractivity contribution in [3.05, 3.63) is 65.0 Å². The van der Waals surface area contributed by atoms with Crippen molar-refractivity contribution in [1.29, 1.82) is 0 Å². The van der Waals surface area contributed by atoms with E-state index in [0.29, 0.717) is 30.5 Å². The topological polar surface area (TPSA) is 79.5 Å². The average Bonchev–Trinajstić information content (AvgIpc) is 3.15. The fourth-order valence-electron chi connectivity index (χ4n) is 2.88. The number of carbonyl (C=O) groups is 2. The Hall–Kier alpha value is -3.00. The molecular weight excluding hydrogens is 412 g/mol. The molecule has 136 valence electrons. The van der Waals surface area contributed by atoms with Crippen LogP contribution in [0.1, 0.15) is 5.89 Å². The van der Waals surface area contributed by atoms with Gasteiger partial charge in [0.05, 0.1) is 0 Å². The minimum Gasteiger partial charge on any atom is -0.337 e. The van der Waals surface area contributed by atoms with Gasteiger partial charge >= 0.3 is 11.8 Å². The number of hydrogen-bond acceptors (Lipinski definition) is 5. The third kappa shape index (κ3) is 3.61. The second kappa shape index (κ2) is 7.32. The first-order chi connectivity index (χ1) is 13.1. The van der Waals surface area contributed by atoms with Gasteiger partial charge in [-0.3, -0.25) is 9.59 Å². The van der Waals surface area contributed by atoms with Crippen LogP contribution in [0.25, 0.3) is 11.4 Å². The van der Waals surface area contributed by atoms with E-state index in [1.54, 1.807) is 0 Å². The van der Waals surface area contributed by atoms with Crippen LogP contribution in [0.5, 0.6) is 0 Å². The van der Waals surface area contributed by atoms with Crippen molar-refractivity contribution in [1.82, 2.24) is 15.0 Å². The minimum atomic E-state index is -0.575. The fourth-order valence-corrected chi connectivity index (χ4v) is 3.14. The summed E-state index contributed by atoms with van der Waals surface area (Å²) >= 11 is 3.38. The van der Waals surface area contributed by atoms with E-state index in [0.717, 1.165) is 10.0 Å². The molecule has 1 saturated heterocycles. The molecule has 3 aromatic rings. The summed E-state index contributed by atoms with van der Waals surface area (Å²) in [5, 5.41) is 3.95. The minimum absolute atomic E-state index is 0.108. The molecule has 4 rings (SSSR count). The normalized spacial score (nSPS) is 14.7. The molecule has 8 heteroatoms. The monoisotopic (exact) mass is 426 g/mol. The van der Waals surface area contributed by atoms with Crippen molar-refractivity contribution < 1.29 is 14.1 Å². The third-order valence-electron chi connectivity index (χ3n) is 4.27. The second-order valence-corrected chi connectivity index (χ2v) is 6.95. The Labute approximate surface area is 163 Å². The molecule has 2 heterocycles. The Morgan fingerprint density at radius 1 is 0.963 bits per heavy atom. The first-order valence-electron chi connectivity index (χ1n) is 8.36. The van der Waals surface area contributed by atoms with Crippen LogP contribution in [0.2, 0.25) is 0 Å². The summed E-state index contributed by atoms with van der Waals surface area (Å²) in [5.74, 6) is -0.393. The number of halogens is 1. The number of nitrogens with zero attached hydrogens (tertiary/aromatic N) is 4. The zero-order valence-electron chi connectivity index (χ0n) is 14.2. The lowest BCUT2D eigenvalue weighted by atomic mass is 10.2. The Morgan fingerprint density at radius 2 is 1.70 bits per heavy atom. The summed E-state index contributed by atoms with van der Waals surface area (Å²) in [5.41, 5.74) is 1.52. The van der Waals surface area contributed by atoms with E-state index in [1.807, 2.05) is 54.6 Å². The molecule has 0 spiro atoms. The van der Waals surface area contributed by atoms with Crippen LogP contribution in [0.4, 0.5) is 5.69 Å². The van der Waals surface area contributed by atoms with E-state index < -0.39 is 11.8 Å². The van der Waals surface area contributed by atoms with Crippen LogP contribution in [-0.2, 0) is 16.1 Å². The predicted molar refractivity (Wildman–Crippen MR) is 102 cm³/mol. The lowest BCUT2D eigenvalue weighted by molar-refractivity contribution is -0.146. The van der Waals surface area contributed by atoms with E-state index in [4.69, 9.17) is 4.52 Å². The van der Waals surface area contributed by atoms with Crippen LogP contribution in [0.15, 0.2) is 63.6 Å². The van der Waals surface area contributed by atoms with Crippen LogP contribution < -0.4 is 4.90 Å². The molecule has 0 radical (unpaired) electrons.